The molecule has 0 spiro atoms. The van der Waals surface area contributed by atoms with Gasteiger partial charge in [-0.15, -0.1) is 0 Å². The van der Waals surface area contributed by atoms with Crippen molar-refractivity contribution in [1.29, 1.82) is 0 Å². The van der Waals surface area contributed by atoms with Gasteiger partial charge in [-0.2, -0.15) is 0 Å². The minimum atomic E-state index is -1.57. The first-order chi connectivity index (χ1) is 9.33. The number of nitro benzene ring substituents is 1. The van der Waals surface area contributed by atoms with Crippen LogP contribution in [0.2, 0.25) is 5.02 Å². The maximum absolute atomic E-state index is 11.7. The van der Waals surface area contributed by atoms with Gasteiger partial charge in [0.25, 0.3) is 5.69 Å². The molecule has 9 heteroatoms. The second kappa shape index (κ2) is 6.67. The Morgan fingerprint density at radius 2 is 1.80 bits per heavy atom. The smallest absolute Gasteiger partial charge is 0.324 e. The van der Waals surface area contributed by atoms with Crippen LogP contribution in [0.1, 0.15) is 11.5 Å². The van der Waals surface area contributed by atoms with Crippen LogP contribution in [0.15, 0.2) is 16.6 Å². The number of benzene rings is 1. The van der Waals surface area contributed by atoms with Crippen LogP contribution in [0.25, 0.3) is 0 Å². The highest BCUT2D eigenvalue weighted by molar-refractivity contribution is 9.10. The van der Waals surface area contributed by atoms with Crippen molar-refractivity contribution in [2.24, 2.45) is 0 Å². The van der Waals surface area contributed by atoms with E-state index in [1.807, 2.05) is 0 Å². The summed E-state index contributed by atoms with van der Waals surface area (Å²) in [5, 5.41) is 11.2. The van der Waals surface area contributed by atoms with Crippen LogP contribution >= 0.6 is 27.5 Å². The van der Waals surface area contributed by atoms with E-state index in [9.17, 15) is 19.7 Å². The van der Waals surface area contributed by atoms with Gasteiger partial charge >= 0.3 is 11.9 Å². The molecule has 0 unspecified atom stereocenters. The number of carbonyl (C=O) groups is 2. The molecule has 1 aromatic carbocycles. The van der Waals surface area contributed by atoms with Gasteiger partial charge in [-0.1, -0.05) is 11.6 Å². The van der Waals surface area contributed by atoms with Crippen molar-refractivity contribution in [1.82, 2.24) is 0 Å². The number of methoxy groups -OCH3 is 2. The summed E-state index contributed by atoms with van der Waals surface area (Å²) < 4.78 is 9.22. The van der Waals surface area contributed by atoms with Gasteiger partial charge in [0.15, 0.2) is 5.92 Å². The van der Waals surface area contributed by atoms with E-state index in [4.69, 9.17) is 11.6 Å². The molecule has 0 amide bonds. The minimum absolute atomic E-state index is 0.114. The number of ether oxygens (including phenoxy) is 2. The van der Waals surface area contributed by atoms with Crippen LogP contribution in [0, 0.1) is 10.1 Å². The molecule has 7 nitrogen and oxygen atoms in total. The van der Waals surface area contributed by atoms with Crippen molar-refractivity contribution >= 4 is 45.2 Å². The highest BCUT2D eigenvalue weighted by atomic mass is 79.9. The Hall–Kier alpha value is -1.67. The number of nitro groups is 1. The average molecular weight is 367 g/mol. The summed E-state index contributed by atoms with van der Waals surface area (Å²) in [7, 11) is 2.12. The first-order valence-corrected chi connectivity index (χ1v) is 6.29. The third-order valence-electron chi connectivity index (χ3n) is 2.45. The number of halogens is 2. The van der Waals surface area contributed by atoms with Crippen LogP contribution in [0.5, 0.6) is 0 Å². The maximum Gasteiger partial charge on any atom is 0.324 e. The number of carbonyl (C=O) groups excluding carboxylic acids is 2. The molecule has 0 heterocycles. The molecule has 0 fully saturated rings. The van der Waals surface area contributed by atoms with Crippen LogP contribution in [-0.2, 0) is 19.1 Å². The molecule has 20 heavy (non-hydrogen) atoms. The fraction of sp³-hybridized carbons (Fsp3) is 0.273. The van der Waals surface area contributed by atoms with E-state index in [-0.39, 0.29) is 15.1 Å². The zero-order chi connectivity index (χ0) is 15.4. The predicted molar refractivity (Wildman–Crippen MR) is 72.6 cm³/mol. The average Bonchev–Trinajstić information content (AvgIpc) is 2.41. The number of rotatable bonds is 4. The summed E-state index contributed by atoms with van der Waals surface area (Å²) >= 11 is 8.89. The van der Waals surface area contributed by atoms with Crippen LogP contribution in [-0.4, -0.2) is 31.1 Å². The Morgan fingerprint density at radius 1 is 1.30 bits per heavy atom. The molecule has 1 rings (SSSR count). The molecule has 0 N–H and O–H groups in total. The highest BCUT2D eigenvalue weighted by Crippen LogP contribution is 2.35. The fourth-order valence-corrected chi connectivity index (χ4v) is 2.03. The number of hydrogen-bond donors (Lipinski definition) is 0. The molecule has 0 aliphatic heterocycles. The van der Waals surface area contributed by atoms with Gasteiger partial charge in [-0.05, 0) is 22.0 Å². The van der Waals surface area contributed by atoms with E-state index in [2.05, 4.69) is 25.4 Å². The first-order valence-electron chi connectivity index (χ1n) is 5.12. The summed E-state index contributed by atoms with van der Waals surface area (Å²) in [4.78, 5) is 33.7. The maximum atomic E-state index is 11.7. The van der Waals surface area contributed by atoms with Crippen molar-refractivity contribution in [3.05, 3.63) is 37.3 Å². The normalized spacial score (nSPS) is 10.2. The molecule has 108 valence electrons. The largest absolute Gasteiger partial charge is 0.468 e. The van der Waals surface area contributed by atoms with Crippen molar-refractivity contribution < 1.29 is 24.0 Å². The molecule has 0 radical (unpaired) electrons. The lowest BCUT2D eigenvalue weighted by Gasteiger charge is -2.13. The third-order valence-corrected chi connectivity index (χ3v) is 3.65. The Kier molecular flexibility index (Phi) is 5.46. The van der Waals surface area contributed by atoms with Gasteiger partial charge in [0.05, 0.1) is 29.7 Å². The van der Waals surface area contributed by atoms with Gasteiger partial charge in [0, 0.05) is 10.5 Å². The van der Waals surface area contributed by atoms with Crippen LogP contribution in [0.3, 0.4) is 0 Å². The number of esters is 2. The van der Waals surface area contributed by atoms with Gasteiger partial charge in [0.1, 0.15) is 0 Å². The Morgan fingerprint density at radius 3 is 2.20 bits per heavy atom. The fourth-order valence-electron chi connectivity index (χ4n) is 1.53. The van der Waals surface area contributed by atoms with E-state index >= 15 is 0 Å². The summed E-state index contributed by atoms with van der Waals surface area (Å²) in [6.07, 6.45) is 0. The van der Waals surface area contributed by atoms with Crippen LogP contribution < -0.4 is 0 Å². The molecular formula is C11H9BrClNO6. The Bertz CT molecular complexity index is 560. The number of hydrogen-bond acceptors (Lipinski definition) is 6. The minimum Gasteiger partial charge on any atom is -0.468 e. The van der Waals surface area contributed by atoms with Crippen molar-refractivity contribution in [3.63, 3.8) is 0 Å². The number of nitrogens with zero attached hydrogens (tertiary/aromatic N) is 1. The summed E-state index contributed by atoms with van der Waals surface area (Å²) in [6, 6.07) is 2.26. The van der Waals surface area contributed by atoms with Gasteiger partial charge in [-0.3, -0.25) is 19.7 Å². The van der Waals surface area contributed by atoms with E-state index in [0.717, 1.165) is 26.4 Å². The SMILES string of the molecule is COC(=O)C(C(=O)OC)c1cc(Cl)c(Br)cc1[N+](=O)[O-]. The topological polar surface area (TPSA) is 95.7 Å². The lowest BCUT2D eigenvalue weighted by atomic mass is 9.97. The summed E-state index contributed by atoms with van der Waals surface area (Å²) in [5.41, 5.74) is -0.635. The van der Waals surface area contributed by atoms with Crippen molar-refractivity contribution in [2.45, 2.75) is 5.92 Å². The van der Waals surface area contributed by atoms with E-state index in [0.29, 0.717) is 0 Å². The molecule has 0 aliphatic carbocycles. The molecule has 0 aromatic heterocycles. The summed E-state index contributed by atoms with van der Waals surface area (Å²) in [5.74, 6) is -3.52. The van der Waals surface area contributed by atoms with Gasteiger partial charge < -0.3 is 9.47 Å². The highest BCUT2D eigenvalue weighted by Gasteiger charge is 2.36. The lowest BCUT2D eigenvalue weighted by molar-refractivity contribution is -0.385. The van der Waals surface area contributed by atoms with Crippen molar-refractivity contribution in [2.75, 3.05) is 14.2 Å². The van der Waals surface area contributed by atoms with Crippen molar-refractivity contribution in [3.8, 4) is 0 Å². The van der Waals surface area contributed by atoms with Gasteiger partial charge in [-0.25, -0.2) is 0 Å². The Labute approximate surface area is 127 Å². The molecule has 0 aliphatic rings. The lowest BCUT2D eigenvalue weighted by Crippen LogP contribution is -2.25. The molecular weight excluding hydrogens is 357 g/mol. The third kappa shape index (κ3) is 3.26. The molecule has 0 saturated carbocycles. The second-order valence-electron chi connectivity index (χ2n) is 3.56. The molecule has 0 bridgehead atoms. The zero-order valence-electron chi connectivity index (χ0n) is 10.4. The standard InChI is InChI=1S/C11H9BrClNO6/c1-19-10(15)9(11(16)20-2)5-3-7(13)6(12)4-8(5)14(17)18/h3-4,9H,1-2H3. The second-order valence-corrected chi connectivity index (χ2v) is 4.82. The molecule has 0 saturated heterocycles. The first kappa shape index (κ1) is 16.4. The Balaban J connectivity index is 3.54. The van der Waals surface area contributed by atoms with E-state index in [1.165, 1.54) is 0 Å². The quantitative estimate of drug-likeness (QED) is 0.351. The van der Waals surface area contributed by atoms with Crippen LogP contribution in [0.4, 0.5) is 5.69 Å². The monoisotopic (exact) mass is 365 g/mol. The van der Waals surface area contributed by atoms with E-state index < -0.39 is 28.5 Å². The zero-order valence-corrected chi connectivity index (χ0v) is 12.7. The predicted octanol–water partition coefficient (Wildman–Crippen LogP) is 2.44. The van der Waals surface area contributed by atoms with E-state index in [1.54, 1.807) is 0 Å². The van der Waals surface area contributed by atoms with Gasteiger partial charge in [0.2, 0.25) is 0 Å². The summed E-state index contributed by atoms with van der Waals surface area (Å²) in [6.45, 7) is 0. The molecule has 1 aromatic rings. The molecule has 0 atom stereocenters.